The van der Waals surface area contributed by atoms with Gasteiger partial charge in [0, 0.05) is 22.8 Å². The predicted octanol–water partition coefficient (Wildman–Crippen LogP) is 4.67. The summed E-state index contributed by atoms with van der Waals surface area (Å²) in [5, 5.41) is 21.0. The number of ketones is 1. The SMILES string of the molecule is CC(C)c1cc(C(=O)c2ccccc2C(F)(F)F)cc([N+](=O)[O-])c1O. The minimum Gasteiger partial charge on any atom is -0.502 e. The number of phenolic OH excluding ortho intramolecular Hbond substituents is 1. The minimum atomic E-state index is -4.74. The number of phenols is 1. The fourth-order valence-electron chi connectivity index (χ4n) is 2.44. The van der Waals surface area contributed by atoms with E-state index >= 15 is 0 Å². The Morgan fingerprint density at radius 1 is 1.20 bits per heavy atom. The molecule has 0 aliphatic heterocycles. The van der Waals surface area contributed by atoms with Gasteiger partial charge in [-0.05, 0) is 18.1 Å². The van der Waals surface area contributed by atoms with Crippen LogP contribution in [0.4, 0.5) is 18.9 Å². The molecule has 2 aromatic rings. The van der Waals surface area contributed by atoms with Crippen LogP contribution in [0.25, 0.3) is 0 Å². The summed E-state index contributed by atoms with van der Waals surface area (Å²) in [5.74, 6) is -1.97. The number of alkyl halides is 3. The van der Waals surface area contributed by atoms with Gasteiger partial charge in [0.25, 0.3) is 0 Å². The lowest BCUT2D eigenvalue weighted by Gasteiger charge is -2.14. The Bertz CT molecular complexity index is 844. The fourth-order valence-corrected chi connectivity index (χ4v) is 2.44. The maximum absolute atomic E-state index is 13.1. The molecule has 5 nitrogen and oxygen atoms in total. The van der Waals surface area contributed by atoms with Crippen LogP contribution in [0.2, 0.25) is 0 Å². The van der Waals surface area contributed by atoms with Crippen LogP contribution in [0.3, 0.4) is 0 Å². The molecule has 0 radical (unpaired) electrons. The maximum atomic E-state index is 13.1. The average Bonchev–Trinajstić information content (AvgIpc) is 2.53. The van der Waals surface area contributed by atoms with E-state index in [0.717, 1.165) is 24.3 Å². The van der Waals surface area contributed by atoms with Crippen LogP contribution in [0, 0.1) is 10.1 Å². The van der Waals surface area contributed by atoms with E-state index in [2.05, 4.69) is 0 Å². The van der Waals surface area contributed by atoms with Crippen LogP contribution in [-0.4, -0.2) is 15.8 Å². The Kier molecular flexibility index (Phi) is 4.82. The number of nitro benzene ring substituents is 1. The molecule has 25 heavy (non-hydrogen) atoms. The molecule has 0 heterocycles. The van der Waals surface area contributed by atoms with Crippen LogP contribution in [0.5, 0.6) is 5.75 Å². The Balaban J connectivity index is 2.68. The van der Waals surface area contributed by atoms with Gasteiger partial charge in [-0.3, -0.25) is 14.9 Å². The quantitative estimate of drug-likeness (QED) is 0.492. The molecule has 0 unspecified atom stereocenters. The molecule has 132 valence electrons. The summed E-state index contributed by atoms with van der Waals surface area (Å²) in [4.78, 5) is 22.8. The topological polar surface area (TPSA) is 80.4 Å². The molecule has 0 fully saturated rings. The molecule has 0 bridgehead atoms. The van der Waals surface area contributed by atoms with Crippen molar-refractivity contribution in [2.24, 2.45) is 0 Å². The molecule has 8 heteroatoms. The van der Waals surface area contributed by atoms with Crippen LogP contribution >= 0.6 is 0 Å². The second-order valence-electron chi connectivity index (χ2n) is 5.72. The van der Waals surface area contributed by atoms with Crippen molar-refractivity contribution in [1.82, 2.24) is 0 Å². The third kappa shape index (κ3) is 3.62. The van der Waals surface area contributed by atoms with Gasteiger partial charge in [-0.15, -0.1) is 0 Å². The number of hydrogen-bond acceptors (Lipinski definition) is 4. The lowest BCUT2D eigenvalue weighted by molar-refractivity contribution is -0.386. The van der Waals surface area contributed by atoms with E-state index in [9.17, 15) is 33.2 Å². The molecule has 0 aromatic heterocycles. The molecule has 0 atom stereocenters. The monoisotopic (exact) mass is 353 g/mol. The number of hydrogen-bond donors (Lipinski definition) is 1. The average molecular weight is 353 g/mol. The van der Waals surface area contributed by atoms with Gasteiger partial charge in [0.1, 0.15) is 0 Å². The number of nitro groups is 1. The highest BCUT2D eigenvalue weighted by Crippen LogP contribution is 2.37. The minimum absolute atomic E-state index is 0.113. The van der Waals surface area contributed by atoms with Crippen molar-refractivity contribution in [3.63, 3.8) is 0 Å². The lowest BCUT2D eigenvalue weighted by Crippen LogP contribution is -2.14. The molecule has 0 saturated heterocycles. The summed E-state index contributed by atoms with van der Waals surface area (Å²) in [7, 11) is 0. The second kappa shape index (κ2) is 6.54. The third-order valence-electron chi connectivity index (χ3n) is 3.68. The zero-order valence-corrected chi connectivity index (χ0v) is 13.3. The summed E-state index contributed by atoms with van der Waals surface area (Å²) < 4.78 is 39.3. The first-order valence-electron chi connectivity index (χ1n) is 7.26. The standard InChI is InChI=1S/C17H14F3NO4/c1-9(2)12-7-10(8-14(16(12)23)21(24)25)15(22)11-5-3-4-6-13(11)17(18,19)20/h3-9,23H,1-2H3. The van der Waals surface area contributed by atoms with Gasteiger partial charge in [-0.2, -0.15) is 13.2 Å². The zero-order chi connectivity index (χ0) is 18.9. The van der Waals surface area contributed by atoms with E-state index in [1.54, 1.807) is 13.8 Å². The normalized spacial score (nSPS) is 11.6. The summed E-state index contributed by atoms with van der Waals surface area (Å²) in [6.07, 6.45) is -4.74. The smallest absolute Gasteiger partial charge is 0.417 e. The summed E-state index contributed by atoms with van der Waals surface area (Å²) >= 11 is 0. The number of nitrogens with zero attached hydrogens (tertiary/aromatic N) is 1. The molecule has 0 aliphatic carbocycles. The molecule has 2 rings (SSSR count). The van der Waals surface area contributed by atoms with Crippen molar-refractivity contribution >= 4 is 11.5 Å². The van der Waals surface area contributed by atoms with Gasteiger partial charge in [-0.25, -0.2) is 0 Å². The van der Waals surface area contributed by atoms with Crippen molar-refractivity contribution in [1.29, 1.82) is 0 Å². The van der Waals surface area contributed by atoms with Crippen LogP contribution < -0.4 is 0 Å². The molecule has 0 aliphatic rings. The summed E-state index contributed by atoms with van der Waals surface area (Å²) in [5.41, 5.74) is -2.63. The van der Waals surface area contributed by atoms with Crippen LogP contribution in [-0.2, 0) is 6.18 Å². The zero-order valence-electron chi connectivity index (χ0n) is 13.3. The van der Waals surface area contributed by atoms with Gasteiger partial charge in [0.2, 0.25) is 0 Å². The van der Waals surface area contributed by atoms with E-state index in [1.165, 1.54) is 12.1 Å². The summed E-state index contributed by atoms with van der Waals surface area (Å²) in [6, 6.07) is 6.18. The number of carbonyl (C=O) groups is 1. The van der Waals surface area contributed by atoms with E-state index in [1.807, 2.05) is 0 Å². The van der Waals surface area contributed by atoms with Crippen molar-refractivity contribution in [2.45, 2.75) is 25.9 Å². The number of halogens is 3. The molecule has 0 spiro atoms. The second-order valence-corrected chi connectivity index (χ2v) is 5.72. The number of rotatable bonds is 4. The Labute approximate surface area is 140 Å². The highest BCUT2D eigenvalue weighted by Gasteiger charge is 2.35. The van der Waals surface area contributed by atoms with Gasteiger partial charge in [-0.1, -0.05) is 32.0 Å². The van der Waals surface area contributed by atoms with Gasteiger partial charge < -0.3 is 5.11 Å². The number of benzene rings is 2. The first kappa shape index (κ1) is 18.4. The maximum Gasteiger partial charge on any atom is 0.417 e. The highest BCUT2D eigenvalue weighted by atomic mass is 19.4. The van der Waals surface area contributed by atoms with E-state index < -0.39 is 39.4 Å². The Morgan fingerprint density at radius 3 is 2.32 bits per heavy atom. The highest BCUT2D eigenvalue weighted by molar-refractivity contribution is 6.10. The molecular weight excluding hydrogens is 339 g/mol. The van der Waals surface area contributed by atoms with Gasteiger partial charge >= 0.3 is 11.9 Å². The largest absolute Gasteiger partial charge is 0.502 e. The molecule has 0 saturated carbocycles. The van der Waals surface area contributed by atoms with E-state index in [-0.39, 0.29) is 17.0 Å². The Hall–Kier alpha value is -2.90. The van der Waals surface area contributed by atoms with Crippen LogP contribution in [0.15, 0.2) is 36.4 Å². The Morgan fingerprint density at radius 2 is 1.80 bits per heavy atom. The van der Waals surface area contributed by atoms with E-state index in [4.69, 9.17) is 0 Å². The molecule has 0 amide bonds. The molecule has 1 N–H and O–H groups in total. The first-order chi connectivity index (χ1) is 11.5. The van der Waals surface area contributed by atoms with E-state index in [0.29, 0.717) is 0 Å². The van der Waals surface area contributed by atoms with Crippen molar-refractivity contribution in [2.75, 3.05) is 0 Å². The van der Waals surface area contributed by atoms with Gasteiger partial charge in [0.05, 0.1) is 10.5 Å². The molecular formula is C17H14F3NO4. The summed E-state index contributed by atoms with van der Waals surface area (Å²) in [6.45, 7) is 3.27. The predicted molar refractivity (Wildman–Crippen MR) is 83.7 cm³/mol. The number of aromatic hydroxyl groups is 1. The molecule has 2 aromatic carbocycles. The van der Waals surface area contributed by atoms with Gasteiger partial charge in [0.15, 0.2) is 11.5 Å². The fraction of sp³-hybridized carbons (Fsp3) is 0.235. The van der Waals surface area contributed by atoms with Crippen molar-refractivity contribution < 1.29 is 28.0 Å². The lowest BCUT2D eigenvalue weighted by atomic mass is 9.93. The van der Waals surface area contributed by atoms with Crippen LogP contribution in [0.1, 0.15) is 46.8 Å². The number of carbonyl (C=O) groups excluding carboxylic acids is 1. The first-order valence-corrected chi connectivity index (χ1v) is 7.26. The third-order valence-corrected chi connectivity index (χ3v) is 3.68. The van der Waals surface area contributed by atoms with Crippen molar-refractivity contribution in [3.8, 4) is 5.75 Å². The van der Waals surface area contributed by atoms with Crippen molar-refractivity contribution in [3.05, 3.63) is 68.8 Å².